The summed E-state index contributed by atoms with van der Waals surface area (Å²) in [6.45, 7) is 3.03. The topological polar surface area (TPSA) is 119 Å². The summed E-state index contributed by atoms with van der Waals surface area (Å²) >= 11 is 1.29. The molecule has 2 aliphatic rings. The number of carbonyl (C=O) groups excluding carboxylic acids is 2. The molecule has 21 heavy (non-hydrogen) atoms. The van der Waals surface area contributed by atoms with Crippen LogP contribution in [0.1, 0.15) is 13.8 Å². The number of β-lactam (4-membered cyclic amide) rings is 1. The lowest BCUT2D eigenvalue weighted by atomic mass is 9.99. The van der Waals surface area contributed by atoms with E-state index in [2.05, 4.69) is 0 Å². The third kappa shape index (κ3) is 2.52. The molecule has 0 aromatic carbocycles. The SMILES string of the molecule is CCO[C@]1(N)C(=O)N2C(C(=O)O)=C(COC(C)=O)CS[C@@H]21. The van der Waals surface area contributed by atoms with E-state index in [4.69, 9.17) is 15.2 Å². The standard InChI is InChI=1S/C12H16N2O6S/c1-3-20-12(13)10(18)14-8(9(16)17)7(4-19-6(2)15)5-21-11(12)14/h11H,3-5,13H2,1-2H3,(H,16,17)/t11-,12-/m1/s1. The Morgan fingerprint density at radius 1 is 1.57 bits per heavy atom. The fraction of sp³-hybridized carbons (Fsp3) is 0.583. The molecule has 2 aliphatic heterocycles. The van der Waals surface area contributed by atoms with Crippen LogP contribution in [0.15, 0.2) is 11.3 Å². The minimum atomic E-state index is -1.49. The number of carbonyl (C=O) groups is 3. The van der Waals surface area contributed by atoms with Gasteiger partial charge in [0.15, 0.2) is 0 Å². The Hall–Kier alpha value is -1.58. The van der Waals surface area contributed by atoms with Crippen LogP contribution in [0.5, 0.6) is 0 Å². The van der Waals surface area contributed by atoms with Gasteiger partial charge in [-0.2, -0.15) is 0 Å². The number of hydrogen-bond acceptors (Lipinski definition) is 7. The highest BCUT2D eigenvalue weighted by Gasteiger charge is 2.63. The number of carboxylic acids is 1. The summed E-state index contributed by atoms with van der Waals surface area (Å²) < 4.78 is 10.1. The molecule has 116 valence electrons. The number of fused-ring (bicyclic) bond motifs is 1. The van der Waals surface area contributed by atoms with E-state index < -0.39 is 28.9 Å². The number of amides is 1. The van der Waals surface area contributed by atoms with E-state index in [9.17, 15) is 19.5 Å². The molecule has 0 radical (unpaired) electrons. The number of esters is 1. The Morgan fingerprint density at radius 3 is 2.76 bits per heavy atom. The summed E-state index contributed by atoms with van der Waals surface area (Å²) in [4.78, 5) is 35.6. The van der Waals surface area contributed by atoms with E-state index in [1.807, 2.05) is 0 Å². The van der Waals surface area contributed by atoms with E-state index in [1.54, 1.807) is 6.92 Å². The summed E-state index contributed by atoms with van der Waals surface area (Å²) in [6.07, 6.45) is 0. The summed E-state index contributed by atoms with van der Waals surface area (Å²) in [7, 11) is 0. The van der Waals surface area contributed by atoms with Gasteiger partial charge in [-0.25, -0.2) is 4.79 Å². The first-order valence-electron chi connectivity index (χ1n) is 6.29. The average Bonchev–Trinajstić information content (AvgIpc) is 2.43. The second-order valence-corrected chi connectivity index (χ2v) is 5.67. The number of ether oxygens (including phenoxy) is 2. The van der Waals surface area contributed by atoms with Crippen LogP contribution in [0.2, 0.25) is 0 Å². The van der Waals surface area contributed by atoms with Crippen LogP contribution >= 0.6 is 11.8 Å². The van der Waals surface area contributed by atoms with Crippen LogP contribution in [0.4, 0.5) is 0 Å². The molecule has 8 nitrogen and oxygen atoms in total. The van der Waals surface area contributed by atoms with E-state index in [-0.39, 0.29) is 18.9 Å². The summed E-state index contributed by atoms with van der Waals surface area (Å²) in [5.41, 5.74) is 4.60. The molecule has 0 bridgehead atoms. The molecular formula is C12H16N2O6S. The maximum Gasteiger partial charge on any atom is 0.352 e. The zero-order valence-electron chi connectivity index (χ0n) is 11.6. The van der Waals surface area contributed by atoms with Crippen molar-refractivity contribution in [2.75, 3.05) is 19.0 Å². The molecule has 0 saturated carbocycles. The lowest BCUT2D eigenvalue weighted by Crippen LogP contribution is -2.79. The number of aliphatic carboxylic acids is 1. The lowest BCUT2D eigenvalue weighted by Gasteiger charge is -2.54. The molecule has 0 spiro atoms. The zero-order chi connectivity index (χ0) is 15.8. The second kappa shape index (κ2) is 5.66. The van der Waals surface area contributed by atoms with Crippen LogP contribution in [-0.2, 0) is 23.9 Å². The molecule has 0 unspecified atom stereocenters. The van der Waals surface area contributed by atoms with Gasteiger partial charge < -0.3 is 14.6 Å². The minimum Gasteiger partial charge on any atom is -0.477 e. The number of thioether (sulfide) groups is 1. The van der Waals surface area contributed by atoms with Crippen molar-refractivity contribution in [3.63, 3.8) is 0 Å². The van der Waals surface area contributed by atoms with Gasteiger partial charge in [-0.3, -0.25) is 20.2 Å². The first-order chi connectivity index (χ1) is 9.82. The number of nitrogens with zero attached hydrogens (tertiary/aromatic N) is 1. The first-order valence-corrected chi connectivity index (χ1v) is 7.34. The predicted molar refractivity (Wildman–Crippen MR) is 72.9 cm³/mol. The van der Waals surface area contributed by atoms with Crippen LogP contribution in [0.25, 0.3) is 0 Å². The van der Waals surface area contributed by atoms with Gasteiger partial charge in [0.1, 0.15) is 17.7 Å². The monoisotopic (exact) mass is 316 g/mol. The number of hydrogen-bond donors (Lipinski definition) is 2. The van der Waals surface area contributed by atoms with Crippen molar-refractivity contribution >= 4 is 29.6 Å². The Bertz CT molecular complexity index is 534. The minimum absolute atomic E-state index is 0.160. The largest absolute Gasteiger partial charge is 0.477 e. The molecular weight excluding hydrogens is 300 g/mol. The Kier molecular flexibility index (Phi) is 4.26. The molecule has 1 fully saturated rings. The quantitative estimate of drug-likeness (QED) is 0.395. The van der Waals surface area contributed by atoms with Gasteiger partial charge in [0, 0.05) is 24.9 Å². The average molecular weight is 316 g/mol. The molecule has 1 saturated heterocycles. The van der Waals surface area contributed by atoms with E-state index in [1.165, 1.54) is 18.7 Å². The van der Waals surface area contributed by atoms with Crippen molar-refractivity contribution in [3.05, 3.63) is 11.3 Å². The fourth-order valence-corrected chi connectivity index (χ4v) is 3.63. The second-order valence-electron chi connectivity index (χ2n) is 4.60. The van der Waals surface area contributed by atoms with Crippen molar-refractivity contribution in [2.45, 2.75) is 24.9 Å². The molecule has 1 amide bonds. The normalized spacial score (nSPS) is 28.0. The Balaban J connectivity index is 2.28. The van der Waals surface area contributed by atoms with Crippen LogP contribution in [-0.4, -0.2) is 57.9 Å². The van der Waals surface area contributed by atoms with Gasteiger partial charge in [0.25, 0.3) is 5.91 Å². The molecule has 2 heterocycles. The molecule has 0 aromatic rings. The maximum atomic E-state index is 12.2. The van der Waals surface area contributed by atoms with Gasteiger partial charge in [-0.15, -0.1) is 11.8 Å². The highest BCUT2D eigenvalue weighted by molar-refractivity contribution is 8.00. The number of nitrogens with two attached hydrogens (primary N) is 1. The van der Waals surface area contributed by atoms with Gasteiger partial charge in [-0.1, -0.05) is 0 Å². The first kappa shape index (κ1) is 15.8. The maximum absolute atomic E-state index is 12.2. The van der Waals surface area contributed by atoms with Crippen molar-refractivity contribution < 1.29 is 29.0 Å². The van der Waals surface area contributed by atoms with Gasteiger partial charge in [0.05, 0.1) is 0 Å². The highest BCUT2D eigenvalue weighted by Crippen LogP contribution is 2.45. The van der Waals surface area contributed by atoms with Gasteiger partial charge >= 0.3 is 11.9 Å². The summed E-state index contributed by atoms with van der Waals surface area (Å²) in [5.74, 6) is -2.07. The predicted octanol–water partition coefficient (Wildman–Crippen LogP) is -0.505. The molecule has 0 aromatic heterocycles. The number of carboxylic acid groups (broad SMARTS) is 1. The Morgan fingerprint density at radius 2 is 2.24 bits per heavy atom. The van der Waals surface area contributed by atoms with Gasteiger partial charge in [-0.05, 0) is 6.92 Å². The third-order valence-corrected chi connectivity index (χ3v) is 4.57. The lowest BCUT2D eigenvalue weighted by molar-refractivity contribution is -0.187. The van der Waals surface area contributed by atoms with Crippen molar-refractivity contribution in [3.8, 4) is 0 Å². The van der Waals surface area contributed by atoms with E-state index in [0.29, 0.717) is 11.3 Å². The molecule has 2 rings (SSSR count). The Labute approximate surface area is 125 Å². The molecule has 9 heteroatoms. The van der Waals surface area contributed by atoms with E-state index in [0.717, 1.165) is 4.90 Å². The van der Waals surface area contributed by atoms with Crippen LogP contribution in [0, 0.1) is 0 Å². The summed E-state index contributed by atoms with van der Waals surface area (Å²) in [6, 6.07) is 0. The van der Waals surface area contributed by atoms with Crippen molar-refractivity contribution in [1.29, 1.82) is 0 Å². The van der Waals surface area contributed by atoms with Gasteiger partial charge in [0.2, 0.25) is 5.72 Å². The number of rotatable bonds is 5. The summed E-state index contributed by atoms with van der Waals surface area (Å²) in [5, 5.41) is 8.74. The van der Waals surface area contributed by atoms with E-state index >= 15 is 0 Å². The smallest absolute Gasteiger partial charge is 0.352 e. The molecule has 2 atom stereocenters. The van der Waals surface area contributed by atoms with Crippen LogP contribution in [0.3, 0.4) is 0 Å². The zero-order valence-corrected chi connectivity index (χ0v) is 12.4. The van der Waals surface area contributed by atoms with Crippen molar-refractivity contribution in [1.82, 2.24) is 4.90 Å². The third-order valence-electron chi connectivity index (χ3n) is 3.18. The van der Waals surface area contributed by atoms with Crippen LogP contribution < -0.4 is 5.73 Å². The molecule has 3 N–H and O–H groups in total. The van der Waals surface area contributed by atoms with Crippen molar-refractivity contribution in [2.24, 2.45) is 5.73 Å². The highest BCUT2D eigenvalue weighted by atomic mass is 32.2. The molecule has 0 aliphatic carbocycles. The fourth-order valence-electron chi connectivity index (χ4n) is 2.29.